The smallest absolute Gasteiger partial charge is 0.0216 e. The van der Waals surface area contributed by atoms with E-state index in [1.54, 1.807) is 0 Å². The Kier molecular flexibility index (Phi) is 7.25. The van der Waals surface area contributed by atoms with E-state index in [2.05, 4.69) is 45.1 Å². The zero-order valence-corrected chi connectivity index (χ0v) is 13.2. The average molecular weight is 254 g/mol. The van der Waals surface area contributed by atoms with Crippen LogP contribution in [-0.4, -0.2) is 38.1 Å². The van der Waals surface area contributed by atoms with Gasteiger partial charge in [0.15, 0.2) is 0 Å². The van der Waals surface area contributed by atoms with Crippen molar-refractivity contribution in [3.8, 4) is 0 Å². The summed E-state index contributed by atoms with van der Waals surface area (Å²) in [4.78, 5) is 2.37. The van der Waals surface area contributed by atoms with E-state index < -0.39 is 0 Å². The number of hydrogen-bond donors (Lipinski definition) is 1. The molecule has 0 heterocycles. The molecule has 108 valence electrons. The molecule has 0 aromatic carbocycles. The van der Waals surface area contributed by atoms with Crippen LogP contribution in [0.1, 0.15) is 52.9 Å². The second-order valence-corrected chi connectivity index (χ2v) is 7.03. The molecule has 0 aromatic rings. The van der Waals surface area contributed by atoms with Crippen molar-refractivity contribution in [3.05, 3.63) is 0 Å². The number of hydrogen-bond acceptors (Lipinski definition) is 2. The van der Waals surface area contributed by atoms with Gasteiger partial charge in [-0.3, -0.25) is 0 Å². The molecule has 0 saturated heterocycles. The van der Waals surface area contributed by atoms with Gasteiger partial charge in [0.05, 0.1) is 0 Å². The second kappa shape index (κ2) is 8.16. The lowest BCUT2D eigenvalue weighted by Crippen LogP contribution is -2.40. The van der Waals surface area contributed by atoms with E-state index in [1.807, 2.05) is 0 Å². The molecule has 2 heteroatoms. The fraction of sp³-hybridized carbons (Fsp3) is 1.00. The number of nitrogens with one attached hydrogen (secondary N) is 1. The normalized spacial score (nSPS) is 26.8. The van der Waals surface area contributed by atoms with Crippen molar-refractivity contribution in [1.82, 2.24) is 10.2 Å². The Bertz CT molecular complexity index is 205. The van der Waals surface area contributed by atoms with Gasteiger partial charge in [0.25, 0.3) is 0 Å². The zero-order valence-electron chi connectivity index (χ0n) is 13.2. The molecular formula is C16H34N2. The van der Waals surface area contributed by atoms with Crippen LogP contribution < -0.4 is 5.32 Å². The van der Waals surface area contributed by atoms with Gasteiger partial charge < -0.3 is 10.2 Å². The third-order valence-electron chi connectivity index (χ3n) is 4.42. The summed E-state index contributed by atoms with van der Waals surface area (Å²) in [7, 11) is 4.41. The first-order valence-electron chi connectivity index (χ1n) is 7.86. The maximum atomic E-state index is 3.72. The van der Waals surface area contributed by atoms with Gasteiger partial charge >= 0.3 is 0 Å². The number of rotatable bonds is 7. The topological polar surface area (TPSA) is 15.3 Å². The Hall–Kier alpha value is -0.0800. The average Bonchev–Trinajstić information content (AvgIpc) is 2.29. The molecule has 0 bridgehead atoms. The Morgan fingerprint density at radius 1 is 1.11 bits per heavy atom. The molecule has 1 rings (SSSR count). The van der Waals surface area contributed by atoms with Crippen molar-refractivity contribution in [3.63, 3.8) is 0 Å². The molecule has 0 aliphatic heterocycles. The third-order valence-corrected chi connectivity index (χ3v) is 4.42. The van der Waals surface area contributed by atoms with E-state index in [0.29, 0.717) is 6.04 Å². The van der Waals surface area contributed by atoms with Gasteiger partial charge in [-0.2, -0.15) is 0 Å². The van der Waals surface area contributed by atoms with Crippen LogP contribution in [0.5, 0.6) is 0 Å². The van der Waals surface area contributed by atoms with Crippen LogP contribution in [0.25, 0.3) is 0 Å². The summed E-state index contributed by atoms with van der Waals surface area (Å²) in [6.07, 6.45) is 7.04. The van der Waals surface area contributed by atoms with Gasteiger partial charge in [-0.15, -0.1) is 0 Å². The molecule has 1 aliphatic rings. The molecule has 1 N–H and O–H groups in total. The lowest BCUT2D eigenvalue weighted by atomic mass is 9.83. The first-order valence-corrected chi connectivity index (χ1v) is 7.86. The summed E-state index contributed by atoms with van der Waals surface area (Å²) in [5, 5.41) is 3.72. The lowest BCUT2D eigenvalue weighted by molar-refractivity contribution is 0.232. The first-order chi connectivity index (χ1) is 8.49. The Balaban J connectivity index is 2.18. The van der Waals surface area contributed by atoms with Crippen LogP contribution in [0.15, 0.2) is 0 Å². The van der Waals surface area contributed by atoms with E-state index in [9.17, 15) is 0 Å². The minimum Gasteiger partial charge on any atom is -0.315 e. The molecular weight excluding hydrogens is 220 g/mol. The molecule has 1 atom stereocenters. The highest BCUT2D eigenvalue weighted by Gasteiger charge is 2.19. The quantitative estimate of drug-likeness (QED) is 0.749. The molecule has 2 nitrogen and oxygen atoms in total. The van der Waals surface area contributed by atoms with Crippen molar-refractivity contribution in [1.29, 1.82) is 0 Å². The minimum atomic E-state index is 0.688. The van der Waals surface area contributed by atoms with E-state index >= 15 is 0 Å². The highest BCUT2D eigenvalue weighted by molar-refractivity contribution is 4.75. The first kappa shape index (κ1) is 16.0. The Morgan fingerprint density at radius 2 is 1.72 bits per heavy atom. The zero-order chi connectivity index (χ0) is 13.5. The molecule has 1 saturated carbocycles. The maximum Gasteiger partial charge on any atom is 0.0216 e. The molecule has 0 radical (unpaired) electrons. The van der Waals surface area contributed by atoms with Crippen molar-refractivity contribution in [2.45, 2.75) is 58.9 Å². The lowest BCUT2D eigenvalue weighted by Gasteiger charge is -2.29. The van der Waals surface area contributed by atoms with Gasteiger partial charge in [-0.05, 0) is 57.7 Å². The molecule has 0 spiro atoms. The largest absolute Gasteiger partial charge is 0.315 e. The van der Waals surface area contributed by atoms with E-state index in [-0.39, 0.29) is 0 Å². The monoisotopic (exact) mass is 254 g/mol. The second-order valence-electron chi connectivity index (χ2n) is 7.03. The summed E-state index contributed by atoms with van der Waals surface area (Å²) in [5.74, 6) is 2.69. The Labute approximate surface area is 115 Å². The van der Waals surface area contributed by atoms with Crippen LogP contribution in [0.2, 0.25) is 0 Å². The van der Waals surface area contributed by atoms with Gasteiger partial charge in [-0.25, -0.2) is 0 Å². The fourth-order valence-electron chi connectivity index (χ4n) is 3.01. The summed E-state index contributed by atoms with van der Waals surface area (Å²) in [6.45, 7) is 9.42. The summed E-state index contributed by atoms with van der Waals surface area (Å²) in [6, 6.07) is 0.688. The maximum absolute atomic E-state index is 3.72. The highest BCUT2D eigenvalue weighted by Crippen LogP contribution is 2.27. The molecule has 1 unspecified atom stereocenters. The van der Waals surface area contributed by atoms with Crippen LogP contribution >= 0.6 is 0 Å². The summed E-state index contributed by atoms with van der Waals surface area (Å²) >= 11 is 0. The number of nitrogens with zero attached hydrogens (tertiary/aromatic N) is 1. The predicted molar refractivity (Wildman–Crippen MR) is 80.9 cm³/mol. The van der Waals surface area contributed by atoms with Gasteiger partial charge in [0.1, 0.15) is 0 Å². The molecule has 0 amide bonds. The van der Waals surface area contributed by atoms with Crippen LogP contribution in [0.3, 0.4) is 0 Å². The van der Waals surface area contributed by atoms with E-state index in [0.717, 1.165) is 24.3 Å². The van der Waals surface area contributed by atoms with Crippen molar-refractivity contribution < 1.29 is 0 Å². The van der Waals surface area contributed by atoms with Crippen molar-refractivity contribution in [2.24, 2.45) is 17.8 Å². The molecule has 18 heavy (non-hydrogen) atoms. The summed E-state index contributed by atoms with van der Waals surface area (Å²) in [5.41, 5.74) is 0. The van der Waals surface area contributed by atoms with Crippen LogP contribution in [-0.2, 0) is 0 Å². The standard InChI is InChI=1S/C16H34N2/c1-13(2)10-16(18(4)5)12-17-11-15-8-6-14(3)7-9-15/h13-17H,6-12H2,1-5H3. The minimum absolute atomic E-state index is 0.688. The summed E-state index contributed by atoms with van der Waals surface area (Å²) < 4.78 is 0. The van der Waals surface area contributed by atoms with Crippen LogP contribution in [0.4, 0.5) is 0 Å². The van der Waals surface area contributed by atoms with Gasteiger partial charge in [0, 0.05) is 12.6 Å². The van der Waals surface area contributed by atoms with E-state index in [1.165, 1.54) is 38.6 Å². The molecule has 0 aromatic heterocycles. The third kappa shape index (κ3) is 6.19. The van der Waals surface area contributed by atoms with E-state index in [4.69, 9.17) is 0 Å². The van der Waals surface area contributed by atoms with Crippen molar-refractivity contribution >= 4 is 0 Å². The number of likely N-dealkylation sites (N-methyl/N-ethyl adjacent to an activating group) is 1. The molecule has 1 fully saturated rings. The molecule has 1 aliphatic carbocycles. The Morgan fingerprint density at radius 3 is 2.22 bits per heavy atom. The van der Waals surface area contributed by atoms with Gasteiger partial charge in [-0.1, -0.05) is 33.6 Å². The SMILES string of the molecule is CC(C)CC(CNCC1CCC(C)CC1)N(C)C. The predicted octanol–water partition coefficient (Wildman–Crippen LogP) is 3.38. The fourth-order valence-corrected chi connectivity index (χ4v) is 3.01. The van der Waals surface area contributed by atoms with Gasteiger partial charge in [0.2, 0.25) is 0 Å². The van der Waals surface area contributed by atoms with Crippen molar-refractivity contribution in [2.75, 3.05) is 27.2 Å². The van der Waals surface area contributed by atoms with Crippen LogP contribution in [0, 0.1) is 17.8 Å². The highest BCUT2D eigenvalue weighted by atomic mass is 15.1.